The Hall–Kier alpha value is -1.75. The SMILES string of the molecule is COc1cccc(NC2CCN(C(=O)C3CCOCC3)CC2)c1. The van der Waals surface area contributed by atoms with E-state index in [0.717, 1.165) is 63.4 Å². The Kier molecular flexibility index (Phi) is 5.39. The van der Waals surface area contributed by atoms with Crippen LogP contribution in [-0.2, 0) is 9.53 Å². The summed E-state index contributed by atoms with van der Waals surface area (Å²) in [5.74, 6) is 1.36. The van der Waals surface area contributed by atoms with Crippen molar-refractivity contribution in [1.82, 2.24) is 4.90 Å². The number of likely N-dealkylation sites (tertiary alicyclic amines) is 1. The average Bonchev–Trinajstić information content (AvgIpc) is 2.63. The molecule has 0 radical (unpaired) electrons. The van der Waals surface area contributed by atoms with Gasteiger partial charge < -0.3 is 19.7 Å². The van der Waals surface area contributed by atoms with E-state index in [2.05, 4.69) is 11.4 Å². The van der Waals surface area contributed by atoms with Crippen molar-refractivity contribution in [3.8, 4) is 5.75 Å². The molecule has 5 nitrogen and oxygen atoms in total. The molecule has 0 aromatic heterocycles. The molecule has 0 bridgehead atoms. The van der Waals surface area contributed by atoms with Crippen molar-refractivity contribution in [2.45, 2.75) is 31.7 Å². The summed E-state index contributed by atoms with van der Waals surface area (Å²) in [5, 5.41) is 3.56. The lowest BCUT2D eigenvalue weighted by atomic mass is 9.96. The lowest BCUT2D eigenvalue weighted by molar-refractivity contribution is -0.139. The third-order valence-electron chi connectivity index (χ3n) is 4.82. The Bertz CT molecular complexity index is 521. The molecule has 5 heteroatoms. The number of amides is 1. The van der Waals surface area contributed by atoms with Crippen LogP contribution in [-0.4, -0.2) is 50.3 Å². The highest BCUT2D eigenvalue weighted by molar-refractivity contribution is 5.79. The molecule has 1 aromatic rings. The van der Waals surface area contributed by atoms with Gasteiger partial charge in [0.25, 0.3) is 0 Å². The van der Waals surface area contributed by atoms with Gasteiger partial charge in [0.05, 0.1) is 7.11 Å². The van der Waals surface area contributed by atoms with Crippen molar-refractivity contribution < 1.29 is 14.3 Å². The number of hydrogen-bond acceptors (Lipinski definition) is 4. The van der Waals surface area contributed by atoms with Crippen LogP contribution in [0.3, 0.4) is 0 Å². The summed E-state index contributed by atoms with van der Waals surface area (Å²) in [6, 6.07) is 8.42. The molecule has 2 heterocycles. The second kappa shape index (κ2) is 7.68. The molecule has 0 saturated carbocycles. The number of rotatable bonds is 4. The first-order valence-electron chi connectivity index (χ1n) is 8.53. The van der Waals surface area contributed by atoms with E-state index in [1.54, 1.807) is 7.11 Å². The van der Waals surface area contributed by atoms with Gasteiger partial charge in [-0.3, -0.25) is 4.79 Å². The number of piperidine rings is 1. The van der Waals surface area contributed by atoms with Crippen LogP contribution in [0.2, 0.25) is 0 Å². The van der Waals surface area contributed by atoms with E-state index >= 15 is 0 Å². The van der Waals surface area contributed by atoms with Crippen LogP contribution in [0, 0.1) is 5.92 Å². The van der Waals surface area contributed by atoms with Crippen LogP contribution >= 0.6 is 0 Å². The highest BCUT2D eigenvalue weighted by Crippen LogP contribution is 2.23. The van der Waals surface area contributed by atoms with Crippen molar-refractivity contribution >= 4 is 11.6 Å². The molecular formula is C18H26N2O3. The topological polar surface area (TPSA) is 50.8 Å². The summed E-state index contributed by atoms with van der Waals surface area (Å²) < 4.78 is 10.6. The zero-order valence-electron chi connectivity index (χ0n) is 13.8. The van der Waals surface area contributed by atoms with Crippen LogP contribution in [0.15, 0.2) is 24.3 Å². The number of ether oxygens (including phenoxy) is 2. The van der Waals surface area contributed by atoms with Gasteiger partial charge in [-0.1, -0.05) is 6.07 Å². The highest BCUT2D eigenvalue weighted by Gasteiger charge is 2.29. The number of nitrogens with zero attached hydrogens (tertiary/aromatic N) is 1. The molecule has 3 rings (SSSR count). The molecule has 126 valence electrons. The van der Waals surface area contributed by atoms with E-state index in [9.17, 15) is 4.79 Å². The number of carbonyl (C=O) groups is 1. The fourth-order valence-electron chi connectivity index (χ4n) is 3.40. The molecule has 0 atom stereocenters. The first-order valence-corrected chi connectivity index (χ1v) is 8.53. The lowest BCUT2D eigenvalue weighted by Gasteiger charge is -2.35. The predicted molar refractivity (Wildman–Crippen MR) is 89.8 cm³/mol. The minimum Gasteiger partial charge on any atom is -0.497 e. The van der Waals surface area contributed by atoms with Gasteiger partial charge in [-0.05, 0) is 37.8 Å². The van der Waals surface area contributed by atoms with Gasteiger partial charge in [0.2, 0.25) is 5.91 Å². The Balaban J connectivity index is 1.48. The van der Waals surface area contributed by atoms with Crippen molar-refractivity contribution in [3.63, 3.8) is 0 Å². The first-order chi connectivity index (χ1) is 11.3. The highest BCUT2D eigenvalue weighted by atomic mass is 16.5. The van der Waals surface area contributed by atoms with Crippen molar-refractivity contribution in [2.24, 2.45) is 5.92 Å². The number of methoxy groups -OCH3 is 1. The van der Waals surface area contributed by atoms with Crippen LogP contribution in [0.5, 0.6) is 5.75 Å². The van der Waals surface area contributed by atoms with Crippen LogP contribution in [0.1, 0.15) is 25.7 Å². The van der Waals surface area contributed by atoms with Gasteiger partial charge in [0.15, 0.2) is 0 Å². The third kappa shape index (κ3) is 4.16. The minimum absolute atomic E-state index is 0.173. The van der Waals surface area contributed by atoms with Gasteiger partial charge in [0.1, 0.15) is 5.75 Å². The summed E-state index contributed by atoms with van der Waals surface area (Å²) in [7, 11) is 1.68. The second-order valence-corrected chi connectivity index (χ2v) is 6.36. The van der Waals surface area contributed by atoms with E-state index in [1.165, 1.54) is 0 Å². The summed E-state index contributed by atoms with van der Waals surface area (Å²) in [6.07, 6.45) is 3.74. The number of carbonyl (C=O) groups excluding carboxylic acids is 1. The normalized spacial score (nSPS) is 20.3. The van der Waals surface area contributed by atoms with Crippen LogP contribution < -0.4 is 10.1 Å². The summed E-state index contributed by atoms with van der Waals surface area (Å²) in [6.45, 7) is 3.14. The van der Waals surface area contributed by atoms with E-state index in [4.69, 9.17) is 9.47 Å². The third-order valence-corrected chi connectivity index (χ3v) is 4.82. The quantitative estimate of drug-likeness (QED) is 0.927. The molecule has 2 fully saturated rings. The number of nitrogens with one attached hydrogen (secondary N) is 1. The van der Waals surface area contributed by atoms with Crippen molar-refractivity contribution in [3.05, 3.63) is 24.3 Å². The fourth-order valence-corrected chi connectivity index (χ4v) is 3.40. The molecule has 0 aliphatic carbocycles. The lowest BCUT2D eigenvalue weighted by Crippen LogP contribution is -2.45. The van der Waals surface area contributed by atoms with E-state index in [0.29, 0.717) is 11.9 Å². The Labute approximate surface area is 137 Å². The molecule has 2 aliphatic rings. The predicted octanol–water partition coefficient (Wildman–Crippen LogP) is 2.52. The molecule has 1 amide bonds. The smallest absolute Gasteiger partial charge is 0.225 e. The minimum atomic E-state index is 0.173. The Morgan fingerprint density at radius 3 is 2.65 bits per heavy atom. The maximum Gasteiger partial charge on any atom is 0.225 e. The van der Waals surface area contributed by atoms with Gasteiger partial charge >= 0.3 is 0 Å². The molecular weight excluding hydrogens is 292 g/mol. The average molecular weight is 318 g/mol. The summed E-state index contributed by atoms with van der Waals surface area (Å²) in [5.41, 5.74) is 1.08. The fraction of sp³-hybridized carbons (Fsp3) is 0.611. The molecule has 1 N–H and O–H groups in total. The van der Waals surface area contributed by atoms with Crippen molar-refractivity contribution in [2.75, 3.05) is 38.7 Å². The zero-order chi connectivity index (χ0) is 16.1. The molecule has 0 spiro atoms. The molecule has 2 aliphatic heterocycles. The van der Waals surface area contributed by atoms with Gasteiger partial charge in [0, 0.05) is 50.0 Å². The van der Waals surface area contributed by atoms with E-state index in [-0.39, 0.29) is 5.92 Å². The summed E-state index contributed by atoms with van der Waals surface area (Å²) >= 11 is 0. The number of anilines is 1. The first kappa shape index (κ1) is 16.1. The van der Waals surface area contributed by atoms with Crippen LogP contribution in [0.4, 0.5) is 5.69 Å². The number of benzene rings is 1. The largest absolute Gasteiger partial charge is 0.497 e. The maximum atomic E-state index is 12.5. The maximum absolute atomic E-state index is 12.5. The van der Waals surface area contributed by atoms with Gasteiger partial charge in [-0.2, -0.15) is 0 Å². The Morgan fingerprint density at radius 1 is 1.22 bits per heavy atom. The van der Waals surface area contributed by atoms with Crippen LogP contribution in [0.25, 0.3) is 0 Å². The molecule has 2 saturated heterocycles. The van der Waals surface area contributed by atoms with Gasteiger partial charge in [-0.25, -0.2) is 0 Å². The second-order valence-electron chi connectivity index (χ2n) is 6.36. The van der Waals surface area contributed by atoms with E-state index in [1.807, 2.05) is 23.1 Å². The van der Waals surface area contributed by atoms with Gasteiger partial charge in [-0.15, -0.1) is 0 Å². The zero-order valence-corrected chi connectivity index (χ0v) is 13.8. The molecule has 23 heavy (non-hydrogen) atoms. The van der Waals surface area contributed by atoms with Crippen molar-refractivity contribution in [1.29, 1.82) is 0 Å². The molecule has 1 aromatic carbocycles. The summed E-state index contributed by atoms with van der Waals surface area (Å²) in [4.78, 5) is 14.6. The van der Waals surface area contributed by atoms with E-state index < -0.39 is 0 Å². The monoisotopic (exact) mass is 318 g/mol. The Morgan fingerprint density at radius 2 is 1.96 bits per heavy atom. The molecule has 0 unspecified atom stereocenters. The number of hydrogen-bond donors (Lipinski definition) is 1. The standard InChI is InChI=1S/C18H26N2O3/c1-22-17-4-2-3-16(13-17)19-15-5-9-20(10-6-15)18(21)14-7-11-23-12-8-14/h2-4,13-15,19H,5-12H2,1H3.